The molecule has 3 rings (SSSR count). The van der Waals surface area contributed by atoms with Gasteiger partial charge in [0.25, 0.3) is 0 Å². The fourth-order valence-corrected chi connectivity index (χ4v) is 3.26. The van der Waals surface area contributed by atoms with Crippen LogP contribution in [0.1, 0.15) is 35.0 Å². The lowest BCUT2D eigenvalue weighted by Gasteiger charge is -2.16. The number of imidazole rings is 1. The summed E-state index contributed by atoms with van der Waals surface area (Å²) < 4.78 is 39.8. The largest absolute Gasteiger partial charge is 0.416 e. The third kappa shape index (κ3) is 3.58. The highest BCUT2D eigenvalue weighted by Crippen LogP contribution is 2.30. The highest BCUT2D eigenvalue weighted by atomic mass is 19.4. The average Bonchev–Trinajstić information content (AvgIpc) is 3.05. The van der Waals surface area contributed by atoms with Gasteiger partial charge in [0.15, 0.2) is 0 Å². The number of rotatable bonds is 3. The van der Waals surface area contributed by atoms with Gasteiger partial charge in [-0.1, -0.05) is 12.1 Å². The van der Waals surface area contributed by atoms with Crippen molar-refractivity contribution in [2.45, 2.75) is 32.0 Å². The second-order valence-corrected chi connectivity index (χ2v) is 6.27. The van der Waals surface area contributed by atoms with Gasteiger partial charge in [-0.2, -0.15) is 13.2 Å². The summed E-state index contributed by atoms with van der Waals surface area (Å²) in [6.45, 7) is 4.50. The van der Waals surface area contributed by atoms with E-state index in [-0.39, 0.29) is 0 Å². The van der Waals surface area contributed by atoms with Crippen LogP contribution in [0.25, 0.3) is 0 Å². The van der Waals surface area contributed by atoms with Crippen molar-refractivity contribution in [2.75, 3.05) is 13.1 Å². The zero-order valence-electron chi connectivity index (χ0n) is 13.3. The quantitative estimate of drug-likeness (QED) is 0.858. The highest BCUT2D eigenvalue weighted by molar-refractivity contribution is 5.24. The Labute approximate surface area is 133 Å². The zero-order valence-corrected chi connectivity index (χ0v) is 13.3. The number of nitrogens with zero attached hydrogens (tertiary/aromatic N) is 3. The van der Waals surface area contributed by atoms with Crippen LogP contribution in [0.2, 0.25) is 0 Å². The van der Waals surface area contributed by atoms with Crippen molar-refractivity contribution in [1.82, 2.24) is 14.5 Å². The minimum absolute atomic E-state index is 0.392. The van der Waals surface area contributed by atoms with Crippen molar-refractivity contribution in [3.05, 3.63) is 53.1 Å². The topological polar surface area (TPSA) is 21.1 Å². The zero-order chi connectivity index (χ0) is 16.6. The van der Waals surface area contributed by atoms with Crippen LogP contribution in [0.3, 0.4) is 0 Å². The Hall–Kier alpha value is -1.82. The molecule has 1 aromatic carbocycles. The Balaban J connectivity index is 1.63. The number of halogens is 3. The fourth-order valence-electron chi connectivity index (χ4n) is 3.26. The molecule has 23 heavy (non-hydrogen) atoms. The molecule has 1 atom stereocenters. The summed E-state index contributed by atoms with van der Waals surface area (Å²) in [7, 11) is 2.01. The van der Waals surface area contributed by atoms with Crippen LogP contribution in [0.4, 0.5) is 13.2 Å². The predicted molar refractivity (Wildman–Crippen MR) is 82.0 cm³/mol. The maximum Gasteiger partial charge on any atom is 0.416 e. The van der Waals surface area contributed by atoms with Crippen molar-refractivity contribution in [1.29, 1.82) is 0 Å². The second kappa shape index (κ2) is 6.00. The summed E-state index contributed by atoms with van der Waals surface area (Å²) in [5, 5.41) is 0. The first-order chi connectivity index (χ1) is 10.8. The van der Waals surface area contributed by atoms with Gasteiger partial charge in [0.1, 0.15) is 5.82 Å². The first-order valence-corrected chi connectivity index (χ1v) is 7.71. The normalized spacial score (nSPS) is 19.4. The van der Waals surface area contributed by atoms with Gasteiger partial charge in [0.05, 0.1) is 11.3 Å². The molecule has 0 aliphatic carbocycles. The molecule has 0 spiro atoms. The molecule has 0 N–H and O–H groups in total. The SMILES string of the molecule is Cc1cn(C)c([C@@H]2CCN(Cc3ccc(C(F)(F)F)cc3)C2)n1. The fraction of sp³-hybridized carbons (Fsp3) is 0.471. The molecule has 1 saturated heterocycles. The van der Waals surface area contributed by atoms with Gasteiger partial charge in [0.2, 0.25) is 0 Å². The molecule has 124 valence electrons. The van der Waals surface area contributed by atoms with Gasteiger partial charge in [-0.25, -0.2) is 4.98 Å². The summed E-state index contributed by atoms with van der Waals surface area (Å²) in [5.74, 6) is 1.49. The number of benzene rings is 1. The molecule has 3 nitrogen and oxygen atoms in total. The highest BCUT2D eigenvalue weighted by Gasteiger charge is 2.30. The van der Waals surface area contributed by atoms with Gasteiger partial charge in [-0.05, 0) is 37.6 Å². The molecule has 0 saturated carbocycles. The number of aromatic nitrogens is 2. The van der Waals surface area contributed by atoms with E-state index >= 15 is 0 Å². The molecule has 0 amide bonds. The van der Waals surface area contributed by atoms with E-state index in [4.69, 9.17) is 0 Å². The number of likely N-dealkylation sites (tertiary alicyclic amines) is 1. The summed E-state index contributed by atoms with van der Waals surface area (Å²) in [6.07, 6.45) is -1.22. The molecule has 0 radical (unpaired) electrons. The van der Waals surface area contributed by atoms with E-state index in [1.807, 2.05) is 20.2 Å². The lowest BCUT2D eigenvalue weighted by Crippen LogP contribution is -2.20. The van der Waals surface area contributed by atoms with Crippen LogP contribution in [0.5, 0.6) is 0 Å². The van der Waals surface area contributed by atoms with E-state index < -0.39 is 11.7 Å². The number of alkyl halides is 3. The summed E-state index contributed by atoms with van der Waals surface area (Å²) in [5.41, 5.74) is 1.34. The first-order valence-electron chi connectivity index (χ1n) is 7.71. The first kappa shape index (κ1) is 16.1. The lowest BCUT2D eigenvalue weighted by molar-refractivity contribution is -0.137. The van der Waals surface area contributed by atoms with Crippen LogP contribution in [0, 0.1) is 6.92 Å². The summed E-state index contributed by atoms with van der Waals surface area (Å²) >= 11 is 0. The van der Waals surface area contributed by atoms with Crippen molar-refractivity contribution >= 4 is 0 Å². The molecular formula is C17H20F3N3. The van der Waals surface area contributed by atoms with E-state index in [0.29, 0.717) is 12.5 Å². The average molecular weight is 323 g/mol. The van der Waals surface area contributed by atoms with Crippen molar-refractivity contribution in [3.8, 4) is 0 Å². The monoisotopic (exact) mass is 323 g/mol. The smallest absolute Gasteiger partial charge is 0.337 e. The molecule has 2 heterocycles. The number of aryl methyl sites for hydroxylation is 2. The third-order valence-electron chi connectivity index (χ3n) is 4.36. The Morgan fingerprint density at radius 3 is 2.48 bits per heavy atom. The van der Waals surface area contributed by atoms with E-state index in [2.05, 4.69) is 14.5 Å². The molecule has 6 heteroatoms. The predicted octanol–water partition coefficient (Wildman–Crippen LogP) is 3.74. The minimum Gasteiger partial charge on any atom is -0.337 e. The maximum atomic E-state index is 12.6. The van der Waals surface area contributed by atoms with Gasteiger partial charge < -0.3 is 4.57 Å². The van der Waals surface area contributed by atoms with Crippen LogP contribution >= 0.6 is 0 Å². The van der Waals surface area contributed by atoms with Crippen LogP contribution < -0.4 is 0 Å². The molecule has 0 unspecified atom stereocenters. The van der Waals surface area contributed by atoms with Crippen LogP contribution in [-0.4, -0.2) is 27.5 Å². The minimum atomic E-state index is -4.27. The molecule has 1 aromatic heterocycles. The Morgan fingerprint density at radius 2 is 1.91 bits per heavy atom. The molecule has 1 fully saturated rings. The van der Waals surface area contributed by atoms with E-state index in [1.54, 1.807) is 12.1 Å². The summed E-state index contributed by atoms with van der Waals surface area (Å²) in [6, 6.07) is 5.46. The third-order valence-corrected chi connectivity index (χ3v) is 4.36. The van der Waals surface area contributed by atoms with E-state index in [1.165, 1.54) is 0 Å². The Bertz CT molecular complexity index is 673. The van der Waals surface area contributed by atoms with Gasteiger partial charge in [0, 0.05) is 32.3 Å². The van der Waals surface area contributed by atoms with Crippen LogP contribution in [-0.2, 0) is 19.8 Å². The standard InChI is InChI=1S/C17H20F3N3/c1-12-9-22(2)16(21-12)14-7-8-23(11-14)10-13-3-5-15(6-4-13)17(18,19)20/h3-6,9,14H,7-8,10-11H2,1-2H3/t14-/m1/s1. The van der Waals surface area contributed by atoms with Crippen molar-refractivity contribution in [2.24, 2.45) is 7.05 Å². The molecular weight excluding hydrogens is 303 g/mol. The van der Waals surface area contributed by atoms with Gasteiger partial charge in [-0.15, -0.1) is 0 Å². The molecule has 0 bridgehead atoms. The van der Waals surface area contributed by atoms with Gasteiger partial charge >= 0.3 is 6.18 Å². The molecule has 1 aliphatic heterocycles. The van der Waals surface area contributed by atoms with Gasteiger partial charge in [-0.3, -0.25) is 4.90 Å². The number of hydrogen-bond acceptors (Lipinski definition) is 2. The van der Waals surface area contributed by atoms with E-state index in [0.717, 1.165) is 48.7 Å². The lowest BCUT2D eigenvalue weighted by atomic mass is 10.1. The maximum absolute atomic E-state index is 12.6. The van der Waals surface area contributed by atoms with Crippen LogP contribution in [0.15, 0.2) is 30.5 Å². The number of hydrogen-bond donors (Lipinski definition) is 0. The Morgan fingerprint density at radius 1 is 1.22 bits per heavy atom. The van der Waals surface area contributed by atoms with E-state index in [9.17, 15) is 13.2 Å². The second-order valence-electron chi connectivity index (χ2n) is 6.27. The molecule has 2 aromatic rings. The Kier molecular flexibility index (Phi) is 4.19. The van der Waals surface area contributed by atoms with Crippen molar-refractivity contribution < 1.29 is 13.2 Å². The van der Waals surface area contributed by atoms with Crippen molar-refractivity contribution in [3.63, 3.8) is 0 Å². The molecule has 1 aliphatic rings. The summed E-state index contributed by atoms with van der Waals surface area (Å²) in [4.78, 5) is 6.86.